The number of carbonyl (C=O) groups excluding carboxylic acids is 1. The molecule has 192 valence electrons. The number of phenols is 1. The van der Waals surface area contributed by atoms with Gasteiger partial charge in [0.1, 0.15) is 0 Å². The van der Waals surface area contributed by atoms with Crippen molar-refractivity contribution in [3.63, 3.8) is 0 Å². The van der Waals surface area contributed by atoms with Gasteiger partial charge in [-0.15, -0.1) is 0 Å². The van der Waals surface area contributed by atoms with Crippen molar-refractivity contribution in [2.24, 2.45) is 5.73 Å². The van der Waals surface area contributed by atoms with E-state index in [1.807, 2.05) is 13.1 Å². The van der Waals surface area contributed by atoms with Gasteiger partial charge in [0, 0.05) is 23.7 Å². The number of ketones is 1. The molecule has 36 heavy (non-hydrogen) atoms. The van der Waals surface area contributed by atoms with Crippen LogP contribution >= 0.6 is 0 Å². The third kappa shape index (κ3) is 3.71. The van der Waals surface area contributed by atoms with Crippen LogP contribution in [-0.4, -0.2) is 74.5 Å². The monoisotopic (exact) mass is 499 g/mol. The van der Waals surface area contributed by atoms with Crippen molar-refractivity contribution in [2.45, 2.75) is 48.8 Å². The molecule has 0 unspecified atom stereocenters. The number of aromatic hydroxyl groups is 1. The molecular weight excluding hydrogens is 470 g/mol. The Morgan fingerprint density at radius 1 is 1.14 bits per heavy atom. The van der Waals surface area contributed by atoms with Gasteiger partial charge in [0.15, 0.2) is 23.4 Å². The molecule has 2 aromatic rings. The van der Waals surface area contributed by atoms with Gasteiger partial charge >= 0.3 is 12.1 Å². The number of phenolic OH excluding ortho intramolecular Hbond substituents is 1. The average molecular weight is 500 g/mol. The zero-order valence-electron chi connectivity index (χ0n) is 19.7. The van der Waals surface area contributed by atoms with Crippen LogP contribution in [0, 0.1) is 0 Å². The minimum Gasteiger partial charge on any atom is -0.504 e. The van der Waals surface area contributed by atoms with Crippen molar-refractivity contribution in [1.29, 1.82) is 0 Å². The molecule has 4 atom stereocenters. The molecule has 1 saturated heterocycles. The first-order valence-corrected chi connectivity index (χ1v) is 11.5. The van der Waals surface area contributed by atoms with E-state index >= 15 is 0 Å². The van der Waals surface area contributed by atoms with Gasteiger partial charge in [-0.05, 0) is 56.6 Å². The maximum Gasteiger partial charge on any atom is 0.402 e. The predicted octanol–water partition coefficient (Wildman–Crippen LogP) is 1.34. The number of rotatable bonds is 1. The van der Waals surface area contributed by atoms with Crippen molar-refractivity contribution in [3.05, 3.63) is 53.1 Å². The number of amides is 1. The van der Waals surface area contributed by atoms with Crippen LogP contribution in [0.3, 0.4) is 0 Å². The highest BCUT2D eigenvalue weighted by atomic mass is 16.5. The topological polar surface area (TPSA) is 197 Å². The molecule has 6 rings (SSSR count). The highest BCUT2D eigenvalue weighted by Crippen LogP contribution is 2.64. The summed E-state index contributed by atoms with van der Waals surface area (Å²) in [5.41, 5.74) is 10.2. The number of Topliss-reactive ketones (excluding diaryl/α,β-unsaturated/α-hetero) is 1. The molecule has 1 saturated carbocycles. The minimum atomic E-state index is -1.33. The van der Waals surface area contributed by atoms with E-state index in [1.165, 1.54) is 6.07 Å². The quantitative estimate of drug-likeness (QED) is 0.311. The summed E-state index contributed by atoms with van der Waals surface area (Å²) in [6.07, 6.45) is 0.273. The van der Waals surface area contributed by atoms with Crippen LogP contribution in [0.5, 0.6) is 11.5 Å². The summed E-state index contributed by atoms with van der Waals surface area (Å²) in [5.74, 6) is -0.427. The molecule has 2 aromatic carbocycles. The van der Waals surface area contributed by atoms with Crippen LogP contribution < -0.4 is 16.2 Å². The second-order valence-electron chi connectivity index (χ2n) is 9.49. The lowest BCUT2D eigenvalue weighted by Crippen LogP contribution is -2.76. The van der Waals surface area contributed by atoms with Crippen molar-refractivity contribution < 1.29 is 39.5 Å². The zero-order valence-corrected chi connectivity index (χ0v) is 19.7. The zero-order chi connectivity index (χ0) is 26.4. The first-order valence-electron chi connectivity index (χ1n) is 11.5. The Balaban J connectivity index is 0.000000182. The Bertz CT molecular complexity index is 1230. The summed E-state index contributed by atoms with van der Waals surface area (Å²) in [4.78, 5) is 33.9. The largest absolute Gasteiger partial charge is 0.504 e. The molecule has 1 spiro atoms. The maximum atomic E-state index is 12.5. The van der Waals surface area contributed by atoms with Gasteiger partial charge in [0.2, 0.25) is 0 Å². The van der Waals surface area contributed by atoms with Gasteiger partial charge in [0.25, 0.3) is 0 Å². The molecule has 8 N–H and O–H groups in total. The molecular formula is C25H29N3O8. The number of para-hydroxylation sites is 1. The molecule has 1 amide bonds. The standard InChI is InChI=1S/C17H19NO4.C7H7NO2.CH3NO2/c1-18-7-6-16-13-9-2-3-10(19)14(13)22-15(16)11(20)4-5-17(16,21)12(18)8-9;8-6-4-2-1-3-5(6)7(9)10;2-1(3)4/h2-3,12,15,19,21H,4-8H2,1H3;1-4H,8H2,(H,9,10);2H2,(H,3,4)/t12-,15+,16+,17-;;/m1../s1. The van der Waals surface area contributed by atoms with Crippen LogP contribution in [0.2, 0.25) is 0 Å². The summed E-state index contributed by atoms with van der Waals surface area (Å²) < 4.78 is 5.94. The number of aromatic carboxylic acids is 1. The van der Waals surface area contributed by atoms with E-state index in [4.69, 9.17) is 25.5 Å². The molecule has 4 aliphatic rings. The Morgan fingerprint density at radius 3 is 2.42 bits per heavy atom. The number of hydrogen-bond donors (Lipinski definition) is 6. The average Bonchev–Trinajstić information content (AvgIpc) is 3.17. The number of primary amides is 1. The van der Waals surface area contributed by atoms with E-state index in [9.17, 15) is 19.8 Å². The maximum absolute atomic E-state index is 12.5. The fraction of sp³-hybridized carbons (Fsp3) is 0.400. The summed E-state index contributed by atoms with van der Waals surface area (Å²) in [5, 5.41) is 37.5. The van der Waals surface area contributed by atoms with Gasteiger partial charge in [-0.1, -0.05) is 18.2 Å². The second kappa shape index (κ2) is 8.99. The van der Waals surface area contributed by atoms with Crippen LogP contribution in [0.25, 0.3) is 0 Å². The van der Waals surface area contributed by atoms with E-state index in [-0.39, 0.29) is 23.1 Å². The Morgan fingerprint density at radius 2 is 1.81 bits per heavy atom. The highest BCUT2D eigenvalue weighted by molar-refractivity contribution is 5.93. The first-order chi connectivity index (χ1) is 16.9. The Kier molecular flexibility index (Phi) is 6.31. The number of piperidine rings is 1. The van der Waals surface area contributed by atoms with Crippen molar-refractivity contribution >= 4 is 23.5 Å². The molecule has 2 heterocycles. The number of nitrogen functional groups attached to an aromatic ring is 1. The van der Waals surface area contributed by atoms with Crippen molar-refractivity contribution in [3.8, 4) is 11.5 Å². The number of hydrogen-bond acceptors (Lipinski definition) is 8. The Labute approximate surface area is 206 Å². The third-order valence-corrected chi connectivity index (χ3v) is 7.72. The van der Waals surface area contributed by atoms with E-state index in [0.29, 0.717) is 30.7 Å². The molecule has 0 radical (unpaired) electrons. The van der Waals surface area contributed by atoms with Crippen LogP contribution in [0.1, 0.15) is 40.7 Å². The van der Waals surface area contributed by atoms with Gasteiger partial charge in [-0.25, -0.2) is 9.59 Å². The number of ether oxygens (including phenoxy) is 1. The van der Waals surface area contributed by atoms with Crippen LogP contribution in [0.15, 0.2) is 36.4 Å². The number of carbonyl (C=O) groups is 3. The van der Waals surface area contributed by atoms with E-state index in [0.717, 1.165) is 24.1 Å². The number of likely N-dealkylation sites (tertiary alicyclic amines) is 1. The molecule has 11 nitrogen and oxygen atoms in total. The number of nitrogens with two attached hydrogens (primary N) is 2. The molecule has 2 bridgehead atoms. The fourth-order valence-corrected chi connectivity index (χ4v) is 6.23. The van der Waals surface area contributed by atoms with E-state index in [2.05, 4.69) is 10.6 Å². The predicted molar refractivity (Wildman–Crippen MR) is 128 cm³/mol. The molecule has 2 aliphatic carbocycles. The normalized spacial score (nSPS) is 28.9. The molecule has 0 aromatic heterocycles. The SMILES string of the molecule is CN1CC[C@]23c4c5ccc(O)c4O[C@H]2C(=O)CC[C@@]3(O)[C@H]1C5.NC(=O)O.Nc1ccccc1C(=O)O. The summed E-state index contributed by atoms with van der Waals surface area (Å²) >= 11 is 0. The second-order valence-corrected chi connectivity index (χ2v) is 9.49. The first kappa shape index (κ1) is 25.3. The summed E-state index contributed by atoms with van der Waals surface area (Å²) in [6, 6.07) is 9.94. The van der Waals surface area contributed by atoms with Crippen molar-refractivity contribution in [2.75, 3.05) is 19.3 Å². The number of anilines is 1. The number of benzene rings is 2. The highest BCUT2D eigenvalue weighted by Gasteiger charge is 2.72. The van der Waals surface area contributed by atoms with Crippen LogP contribution in [-0.2, 0) is 16.6 Å². The number of nitrogens with zero attached hydrogens (tertiary/aromatic N) is 1. The number of aliphatic hydroxyl groups is 1. The minimum absolute atomic E-state index is 0.00319. The van der Waals surface area contributed by atoms with Gasteiger partial charge < -0.3 is 41.5 Å². The van der Waals surface area contributed by atoms with Gasteiger partial charge in [-0.2, -0.15) is 0 Å². The molecule has 11 heteroatoms. The van der Waals surface area contributed by atoms with Gasteiger partial charge in [0.05, 0.1) is 16.6 Å². The van der Waals surface area contributed by atoms with Crippen LogP contribution in [0.4, 0.5) is 10.5 Å². The lowest BCUT2D eigenvalue weighted by molar-refractivity contribution is -0.185. The lowest BCUT2D eigenvalue weighted by atomic mass is 9.49. The summed E-state index contributed by atoms with van der Waals surface area (Å²) in [6.45, 7) is 0.828. The van der Waals surface area contributed by atoms with E-state index < -0.39 is 29.2 Å². The van der Waals surface area contributed by atoms with Gasteiger partial charge in [-0.3, -0.25) is 4.79 Å². The molecule has 2 fully saturated rings. The lowest BCUT2D eigenvalue weighted by Gasteiger charge is -2.61. The number of carboxylic acids is 1. The molecule has 2 aliphatic heterocycles. The Hall–Kier alpha value is -3.83. The van der Waals surface area contributed by atoms with Crippen molar-refractivity contribution in [1.82, 2.24) is 4.90 Å². The number of carboxylic acid groups (broad SMARTS) is 2. The number of likely N-dealkylation sites (N-methyl/N-ethyl adjacent to an activating group) is 1. The summed E-state index contributed by atoms with van der Waals surface area (Å²) in [7, 11) is 2.04. The fourth-order valence-electron chi connectivity index (χ4n) is 6.23. The smallest absolute Gasteiger partial charge is 0.402 e. The third-order valence-electron chi connectivity index (χ3n) is 7.72. The van der Waals surface area contributed by atoms with E-state index in [1.54, 1.807) is 24.3 Å².